The van der Waals surface area contributed by atoms with Crippen LogP contribution >= 0.6 is 0 Å². The fourth-order valence-electron chi connectivity index (χ4n) is 5.37. The lowest BCUT2D eigenvalue weighted by Gasteiger charge is -2.33. The van der Waals surface area contributed by atoms with Crippen LogP contribution in [0, 0.1) is 25.6 Å². The number of aromatic nitrogens is 3. The van der Waals surface area contributed by atoms with E-state index in [1.165, 1.54) is 12.1 Å². The molecule has 1 amide bonds. The quantitative estimate of drug-likeness (QED) is 0.339. The molecule has 2 aromatic carbocycles. The Kier molecular flexibility index (Phi) is 6.58. The van der Waals surface area contributed by atoms with Gasteiger partial charge in [-0.1, -0.05) is 18.2 Å². The Morgan fingerprint density at radius 1 is 1.11 bits per heavy atom. The highest BCUT2D eigenvalue weighted by Gasteiger charge is 2.37. The molecule has 198 valence electrons. The van der Waals surface area contributed by atoms with Crippen LogP contribution < -0.4 is 5.73 Å². The number of piperidine rings is 1. The summed E-state index contributed by atoms with van der Waals surface area (Å²) in [6.07, 6.45) is -1.02. The molecule has 3 heterocycles. The van der Waals surface area contributed by atoms with E-state index in [-0.39, 0.29) is 34.7 Å². The van der Waals surface area contributed by atoms with Crippen molar-refractivity contribution in [1.82, 2.24) is 19.5 Å². The topological polar surface area (TPSA) is 76.5 Å². The molecule has 1 atom stereocenters. The molecule has 0 spiro atoms. The standard InChI is InChI=1S/C28H27F4N5O/c1-16-10-17(2)22(27(38)36-9-3-4-19(14-36)11-18-5-7-20(29)8-6-18)12-21(16)24-13-23(28(30,31)32)25-26(33)34-15-35-37(24)25/h5-8,10,12-13,15,19H,3-4,9,11,14H2,1-2H3,(H2,33,34,35)/t19-/m1/s1. The van der Waals surface area contributed by atoms with Gasteiger partial charge in [-0.2, -0.15) is 18.3 Å². The molecular weight excluding hydrogens is 498 g/mol. The lowest BCUT2D eigenvalue weighted by molar-refractivity contribution is -0.136. The van der Waals surface area contributed by atoms with Crippen LogP contribution in [0.25, 0.3) is 16.8 Å². The van der Waals surface area contributed by atoms with Crippen LogP contribution in [-0.2, 0) is 12.6 Å². The molecule has 0 aliphatic carbocycles. The zero-order valence-electron chi connectivity index (χ0n) is 21.0. The fourth-order valence-corrected chi connectivity index (χ4v) is 5.37. The smallest absolute Gasteiger partial charge is 0.382 e. The molecule has 0 unspecified atom stereocenters. The minimum Gasteiger partial charge on any atom is -0.382 e. The van der Waals surface area contributed by atoms with Gasteiger partial charge in [0.05, 0.1) is 11.3 Å². The van der Waals surface area contributed by atoms with Crippen molar-refractivity contribution in [2.45, 2.75) is 39.3 Å². The van der Waals surface area contributed by atoms with Gasteiger partial charge in [-0.15, -0.1) is 0 Å². The summed E-state index contributed by atoms with van der Waals surface area (Å²) in [4.78, 5) is 19.2. The summed E-state index contributed by atoms with van der Waals surface area (Å²) >= 11 is 0. The Bertz CT molecular complexity index is 1510. The van der Waals surface area contributed by atoms with Gasteiger partial charge in [0.1, 0.15) is 17.7 Å². The molecule has 38 heavy (non-hydrogen) atoms. The van der Waals surface area contributed by atoms with Crippen molar-refractivity contribution >= 4 is 17.2 Å². The number of nitrogens with zero attached hydrogens (tertiary/aromatic N) is 4. The van der Waals surface area contributed by atoms with Crippen LogP contribution in [0.1, 0.15) is 45.5 Å². The number of hydrogen-bond donors (Lipinski definition) is 1. The van der Waals surface area contributed by atoms with Crippen molar-refractivity contribution in [3.8, 4) is 11.3 Å². The van der Waals surface area contributed by atoms with Gasteiger partial charge in [-0.25, -0.2) is 13.9 Å². The van der Waals surface area contributed by atoms with E-state index in [2.05, 4.69) is 10.1 Å². The molecular formula is C28H27F4N5O. The second-order valence-corrected chi connectivity index (χ2v) is 9.92. The number of likely N-dealkylation sites (tertiary alicyclic amines) is 1. The zero-order chi connectivity index (χ0) is 27.2. The first kappa shape index (κ1) is 25.7. The number of benzene rings is 2. The van der Waals surface area contributed by atoms with Crippen molar-refractivity contribution in [1.29, 1.82) is 0 Å². The van der Waals surface area contributed by atoms with E-state index in [0.717, 1.165) is 47.3 Å². The second-order valence-electron chi connectivity index (χ2n) is 9.92. The summed E-state index contributed by atoms with van der Waals surface area (Å²) in [5.74, 6) is -0.502. The number of rotatable bonds is 4. The average molecular weight is 526 g/mol. The molecule has 0 saturated carbocycles. The second kappa shape index (κ2) is 9.74. The SMILES string of the molecule is Cc1cc(C)c(-c2cc(C(F)(F)F)c3c(N)ncnn23)cc1C(=O)N1CCC[C@H](Cc2ccc(F)cc2)C1. The molecule has 0 radical (unpaired) electrons. The van der Waals surface area contributed by atoms with Crippen LogP contribution in [0.3, 0.4) is 0 Å². The highest BCUT2D eigenvalue weighted by Crippen LogP contribution is 2.40. The molecule has 1 aliphatic rings. The first-order chi connectivity index (χ1) is 18.0. The third-order valence-electron chi connectivity index (χ3n) is 7.21. The van der Waals surface area contributed by atoms with Crippen LogP contribution in [-0.4, -0.2) is 38.5 Å². The van der Waals surface area contributed by atoms with E-state index in [9.17, 15) is 22.4 Å². The predicted octanol–water partition coefficient (Wildman–Crippen LogP) is 5.85. The number of alkyl halides is 3. The van der Waals surface area contributed by atoms with Crippen LogP contribution in [0.15, 0.2) is 48.8 Å². The summed E-state index contributed by atoms with van der Waals surface area (Å²) in [6, 6.07) is 10.9. The molecule has 5 rings (SSSR count). The molecule has 2 aromatic heterocycles. The van der Waals surface area contributed by atoms with E-state index < -0.39 is 11.7 Å². The number of halogens is 4. The molecule has 1 fully saturated rings. The number of anilines is 1. The molecule has 4 aromatic rings. The van der Waals surface area contributed by atoms with E-state index in [0.29, 0.717) is 29.8 Å². The monoisotopic (exact) mass is 525 g/mol. The summed E-state index contributed by atoms with van der Waals surface area (Å²) in [7, 11) is 0. The van der Waals surface area contributed by atoms with Crippen LogP contribution in [0.5, 0.6) is 0 Å². The molecule has 0 bridgehead atoms. The van der Waals surface area contributed by atoms with E-state index in [1.54, 1.807) is 36.1 Å². The summed E-state index contributed by atoms with van der Waals surface area (Å²) in [5, 5.41) is 4.04. The molecule has 2 N–H and O–H groups in total. The predicted molar refractivity (Wildman–Crippen MR) is 136 cm³/mol. The normalized spacial score (nSPS) is 16.3. The number of nitrogens with two attached hydrogens (primary N) is 1. The highest BCUT2D eigenvalue weighted by atomic mass is 19.4. The number of nitrogen functional groups attached to an aromatic ring is 1. The van der Waals surface area contributed by atoms with Crippen LogP contribution in [0.2, 0.25) is 0 Å². The van der Waals surface area contributed by atoms with Crippen molar-refractivity contribution in [3.63, 3.8) is 0 Å². The van der Waals surface area contributed by atoms with Gasteiger partial charge in [0.25, 0.3) is 5.91 Å². The lowest BCUT2D eigenvalue weighted by Crippen LogP contribution is -2.40. The van der Waals surface area contributed by atoms with Gasteiger partial charge in [-0.05, 0) is 80.0 Å². The number of amides is 1. The highest BCUT2D eigenvalue weighted by molar-refractivity contribution is 5.97. The molecule has 6 nitrogen and oxygen atoms in total. The van der Waals surface area contributed by atoms with E-state index in [4.69, 9.17) is 5.73 Å². The van der Waals surface area contributed by atoms with Crippen LogP contribution in [0.4, 0.5) is 23.4 Å². The Morgan fingerprint density at radius 3 is 2.55 bits per heavy atom. The number of hydrogen-bond acceptors (Lipinski definition) is 4. The van der Waals surface area contributed by atoms with E-state index >= 15 is 0 Å². The maximum absolute atomic E-state index is 13.9. The Hall–Kier alpha value is -3.95. The largest absolute Gasteiger partial charge is 0.418 e. The number of carbonyl (C=O) groups is 1. The van der Waals surface area contributed by atoms with Gasteiger partial charge >= 0.3 is 6.18 Å². The summed E-state index contributed by atoms with van der Waals surface area (Å²) in [6.45, 7) is 4.75. The minimum absolute atomic E-state index is 0.168. The maximum Gasteiger partial charge on any atom is 0.418 e. The minimum atomic E-state index is -4.66. The van der Waals surface area contributed by atoms with Gasteiger partial charge < -0.3 is 10.6 Å². The number of fused-ring (bicyclic) bond motifs is 1. The maximum atomic E-state index is 13.9. The van der Waals surface area contributed by atoms with Crippen molar-refractivity contribution in [2.75, 3.05) is 18.8 Å². The number of aryl methyl sites for hydroxylation is 2. The Balaban J connectivity index is 1.49. The lowest BCUT2D eigenvalue weighted by atomic mass is 9.90. The molecule has 1 saturated heterocycles. The zero-order valence-corrected chi connectivity index (χ0v) is 21.0. The average Bonchev–Trinajstić information content (AvgIpc) is 3.27. The third kappa shape index (κ3) is 4.82. The first-order valence-corrected chi connectivity index (χ1v) is 12.4. The number of carbonyl (C=O) groups excluding carboxylic acids is 1. The Morgan fingerprint density at radius 2 is 1.84 bits per heavy atom. The van der Waals surface area contributed by atoms with Crippen molar-refractivity contribution in [3.05, 3.63) is 82.4 Å². The summed E-state index contributed by atoms with van der Waals surface area (Å²) < 4.78 is 56.0. The molecule has 1 aliphatic heterocycles. The summed E-state index contributed by atoms with van der Waals surface area (Å²) in [5.41, 5.74) is 8.09. The van der Waals surface area contributed by atoms with Gasteiger partial charge in [0.15, 0.2) is 5.82 Å². The van der Waals surface area contributed by atoms with Gasteiger partial charge in [0, 0.05) is 24.2 Å². The van der Waals surface area contributed by atoms with Crippen molar-refractivity contribution < 1.29 is 22.4 Å². The first-order valence-electron chi connectivity index (χ1n) is 12.4. The van der Waals surface area contributed by atoms with Gasteiger partial charge in [0.2, 0.25) is 0 Å². The molecule has 10 heteroatoms. The third-order valence-corrected chi connectivity index (χ3v) is 7.21. The van der Waals surface area contributed by atoms with E-state index in [1.807, 2.05) is 6.92 Å². The van der Waals surface area contributed by atoms with Gasteiger partial charge in [-0.3, -0.25) is 4.79 Å². The fraction of sp³-hybridized carbons (Fsp3) is 0.321. The Labute approximate surface area is 217 Å². The van der Waals surface area contributed by atoms with Crippen molar-refractivity contribution in [2.24, 2.45) is 5.92 Å².